The van der Waals surface area contributed by atoms with Crippen LogP contribution in [0.15, 0.2) is 0 Å². The fourth-order valence-corrected chi connectivity index (χ4v) is 2.25. The van der Waals surface area contributed by atoms with Gasteiger partial charge in [0, 0.05) is 19.2 Å². The Kier molecular flexibility index (Phi) is 7.05. The van der Waals surface area contributed by atoms with E-state index >= 15 is 0 Å². The van der Waals surface area contributed by atoms with Crippen LogP contribution >= 0.6 is 0 Å². The van der Waals surface area contributed by atoms with Gasteiger partial charge in [-0.15, -0.1) is 0 Å². The van der Waals surface area contributed by atoms with Crippen molar-refractivity contribution in [2.75, 3.05) is 33.3 Å². The average molecular weight is 257 g/mol. The Balaban J connectivity index is 2.09. The molecule has 5 nitrogen and oxygen atoms in total. The minimum absolute atomic E-state index is 0.0839. The molecule has 1 rings (SSSR count). The summed E-state index contributed by atoms with van der Waals surface area (Å²) in [6.07, 6.45) is 3.88. The maximum Gasteiger partial charge on any atom is 0.315 e. The Bertz CT molecular complexity index is 240. The Hall–Kier alpha value is -0.810. The predicted molar refractivity (Wildman–Crippen MR) is 72.5 cm³/mol. The van der Waals surface area contributed by atoms with Crippen molar-refractivity contribution >= 4 is 6.03 Å². The maximum atomic E-state index is 11.6. The molecular weight excluding hydrogens is 230 g/mol. The molecule has 1 heterocycles. The molecule has 1 unspecified atom stereocenters. The molecule has 0 bridgehead atoms. The number of hydrogen-bond acceptors (Lipinski definition) is 3. The molecule has 1 atom stereocenters. The first-order valence-corrected chi connectivity index (χ1v) is 6.95. The van der Waals surface area contributed by atoms with E-state index in [0.717, 1.165) is 45.3 Å². The smallest absolute Gasteiger partial charge is 0.315 e. The van der Waals surface area contributed by atoms with E-state index in [1.54, 1.807) is 0 Å². The summed E-state index contributed by atoms with van der Waals surface area (Å²) in [6, 6.07) is 0.0361. The summed E-state index contributed by atoms with van der Waals surface area (Å²) < 4.78 is 0. The second-order valence-electron chi connectivity index (χ2n) is 5.37. The Morgan fingerprint density at radius 3 is 2.72 bits per heavy atom. The highest BCUT2D eigenvalue weighted by Crippen LogP contribution is 2.14. The first-order chi connectivity index (χ1) is 8.61. The van der Waals surface area contributed by atoms with Crippen LogP contribution in [-0.4, -0.2) is 55.4 Å². The van der Waals surface area contributed by atoms with Crippen molar-refractivity contribution in [3.63, 3.8) is 0 Å². The molecule has 3 N–H and O–H groups in total. The van der Waals surface area contributed by atoms with Gasteiger partial charge in [-0.25, -0.2) is 4.79 Å². The minimum Gasteiger partial charge on any atom is -0.396 e. The quantitative estimate of drug-likeness (QED) is 0.659. The molecule has 2 amide bonds. The van der Waals surface area contributed by atoms with Gasteiger partial charge in [-0.3, -0.25) is 0 Å². The maximum absolute atomic E-state index is 11.6. The highest BCUT2D eigenvalue weighted by atomic mass is 16.3. The largest absolute Gasteiger partial charge is 0.396 e. The zero-order chi connectivity index (χ0) is 13.4. The van der Waals surface area contributed by atoms with Gasteiger partial charge < -0.3 is 20.6 Å². The van der Waals surface area contributed by atoms with Gasteiger partial charge in [0.1, 0.15) is 0 Å². The van der Waals surface area contributed by atoms with E-state index < -0.39 is 0 Å². The topological polar surface area (TPSA) is 64.6 Å². The van der Waals surface area contributed by atoms with Gasteiger partial charge in [-0.1, -0.05) is 0 Å². The number of urea groups is 1. The van der Waals surface area contributed by atoms with Crippen LogP contribution in [0.25, 0.3) is 0 Å². The number of amides is 2. The molecular formula is C13H27N3O2. The normalized spacial score (nSPS) is 19.5. The van der Waals surface area contributed by atoms with Crippen LogP contribution in [-0.2, 0) is 0 Å². The van der Waals surface area contributed by atoms with Gasteiger partial charge in [-0.05, 0) is 58.7 Å². The van der Waals surface area contributed by atoms with Crippen molar-refractivity contribution in [1.82, 2.24) is 15.5 Å². The van der Waals surface area contributed by atoms with E-state index in [-0.39, 0.29) is 18.7 Å². The Morgan fingerprint density at radius 2 is 2.11 bits per heavy atom. The summed E-state index contributed by atoms with van der Waals surface area (Å²) in [7, 11) is 2.14. The SMILES string of the molecule is CC(CCCO)NC(=O)NCC1CCN(C)CC1. The van der Waals surface area contributed by atoms with Gasteiger partial charge in [0.15, 0.2) is 0 Å². The predicted octanol–water partition coefficient (Wildman–Crippen LogP) is 0.788. The summed E-state index contributed by atoms with van der Waals surface area (Å²) in [5.41, 5.74) is 0. The number of nitrogens with zero attached hydrogens (tertiary/aromatic N) is 1. The molecule has 0 aromatic carbocycles. The number of likely N-dealkylation sites (tertiary alicyclic amines) is 1. The Morgan fingerprint density at radius 1 is 1.44 bits per heavy atom. The van der Waals surface area contributed by atoms with E-state index in [4.69, 9.17) is 5.11 Å². The summed E-state index contributed by atoms with van der Waals surface area (Å²) in [4.78, 5) is 14.0. The average Bonchev–Trinajstić information content (AvgIpc) is 2.35. The van der Waals surface area contributed by atoms with E-state index in [1.807, 2.05) is 6.92 Å². The lowest BCUT2D eigenvalue weighted by Crippen LogP contribution is -2.44. The van der Waals surface area contributed by atoms with Gasteiger partial charge >= 0.3 is 6.03 Å². The highest BCUT2D eigenvalue weighted by molar-refractivity contribution is 5.74. The number of aliphatic hydroxyl groups is 1. The molecule has 0 radical (unpaired) electrons. The lowest BCUT2D eigenvalue weighted by atomic mass is 9.97. The third-order valence-corrected chi connectivity index (χ3v) is 3.56. The van der Waals surface area contributed by atoms with Crippen molar-refractivity contribution < 1.29 is 9.90 Å². The molecule has 106 valence electrons. The molecule has 0 aliphatic carbocycles. The summed E-state index contributed by atoms with van der Waals surface area (Å²) >= 11 is 0. The van der Waals surface area contributed by atoms with E-state index in [1.165, 1.54) is 0 Å². The number of nitrogens with one attached hydrogen (secondary N) is 2. The number of rotatable bonds is 6. The lowest BCUT2D eigenvalue weighted by molar-refractivity contribution is 0.208. The van der Waals surface area contributed by atoms with Crippen LogP contribution in [0.2, 0.25) is 0 Å². The molecule has 1 aliphatic heterocycles. The van der Waals surface area contributed by atoms with Crippen LogP contribution in [0.4, 0.5) is 4.79 Å². The number of carbonyl (C=O) groups excluding carboxylic acids is 1. The van der Waals surface area contributed by atoms with Crippen LogP contribution in [0.1, 0.15) is 32.6 Å². The fraction of sp³-hybridized carbons (Fsp3) is 0.923. The van der Waals surface area contributed by atoms with Crippen molar-refractivity contribution in [3.05, 3.63) is 0 Å². The molecule has 18 heavy (non-hydrogen) atoms. The molecule has 1 fully saturated rings. The third-order valence-electron chi connectivity index (χ3n) is 3.56. The summed E-state index contributed by atoms with van der Waals surface area (Å²) in [5.74, 6) is 0.611. The van der Waals surface area contributed by atoms with Crippen molar-refractivity contribution in [2.24, 2.45) is 5.92 Å². The molecule has 5 heteroatoms. The second-order valence-corrected chi connectivity index (χ2v) is 5.37. The number of piperidine rings is 1. The van der Waals surface area contributed by atoms with Crippen LogP contribution < -0.4 is 10.6 Å². The summed E-state index contributed by atoms with van der Waals surface area (Å²) in [5, 5.41) is 14.5. The summed E-state index contributed by atoms with van der Waals surface area (Å²) in [6.45, 7) is 5.17. The van der Waals surface area contributed by atoms with E-state index in [9.17, 15) is 4.79 Å². The number of aliphatic hydroxyl groups excluding tert-OH is 1. The monoisotopic (exact) mass is 257 g/mol. The van der Waals surface area contributed by atoms with Crippen molar-refractivity contribution in [3.8, 4) is 0 Å². The molecule has 0 spiro atoms. The second kappa shape index (κ2) is 8.32. The van der Waals surface area contributed by atoms with Gasteiger partial charge in [0.25, 0.3) is 0 Å². The molecule has 0 aromatic rings. The Labute approximate surface area is 110 Å². The van der Waals surface area contributed by atoms with Crippen LogP contribution in [0, 0.1) is 5.92 Å². The van der Waals surface area contributed by atoms with Crippen LogP contribution in [0.5, 0.6) is 0 Å². The van der Waals surface area contributed by atoms with Gasteiger partial charge in [0.2, 0.25) is 0 Å². The van der Waals surface area contributed by atoms with Gasteiger partial charge in [-0.2, -0.15) is 0 Å². The minimum atomic E-state index is -0.0839. The first kappa shape index (κ1) is 15.2. The standard InChI is InChI=1S/C13H27N3O2/c1-11(4-3-9-17)15-13(18)14-10-12-5-7-16(2)8-6-12/h11-12,17H,3-10H2,1-2H3,(H2,14,15,18). The zero-order valence-corrected chi connectivity index (χ0v) is 11.6. The molecule has 1 saturated heterocycles. The van der Waals surface area contributed by atoms with E-state index in [0.29, 0.717) is 5.92 Å². The number of carbonyl (C=O) groups is 1. The lowest BCUT2D eigenvalue weighted by Gasteiger charge is -2.29. The van der Waals surface area contributed by atoms with Crippen LogP contribution in [0.3, 0.4) is 0 Å². The van der Waals surface area contributed by atoms with Crippen molar-refractivity contribution in [1.29, 1.82) is 0 Å². The molecule has 0 aromatic heterocycles. The van der Waals surface area contributed by atoms with Gasteiger partial charge in [0.05, 0.1) is 0 Å². The number of hydrogen-bond donors (Lipinski definition) is 3. The van der Waals surface area contributed by atoms with E-state index in [2.05, 4.69) is 22.6 Å². The fourth-order valence-electron chi connectivity index (χ4n) is 2.25. The first-order valence-electron chi connectivity index (χ1n) is 6.95. The van der Waals surface area contributed by atoms with Crippen molar-refractivity contribution in [2.45, 2.75) is 38.6 Å². The third kappa shape index (κ3) is 6.21. The highest BCUT2D eigenvalue weighted by Gasteiger charge is 2.17. The molecule has 0 saturated carbocycles. The molecule has 1 aliphatic rings. The zero-order valence-electron chi connectivity index (χ0n) is 11.6.